The summed E-state index contributed by atoms with van der Waals surface area (Å²) in [6, 6.07) is 18.7. The Hall–Kier alpha value is -3.27. The summed E-state index contributed by atoms with van der Waals surface area (Å²) >= 11 is 6.04. The van der Waals surface area contributed by atoms with Crippen molar-refractivity contribution < 1.29 is 22.7 Å². The Labute approximate surface area is 235 Å². The molecule has 1 saturated heterocycles. The normalized spacial score (nSPS) is 14.0. The van der Waals surface area contributed by atoms with Crippen molar-refractivity contribution in [2.45, 2.75) is 37.2 Å². The molecule has 1 fully saturated rings. The minimum absolute atomic E-state index is 0.0340. The second-order valence-corrected chi connectivity index (χ2v) is 11.7. The number of ether oxygens (including phenoxy) is 2. The highest BCUT2D eigenvalue weighted by atomic mass is 35.5. The fraction of sp³-hybridized carbons (Fsp3) is 0.345. The van der Waals surface area contributed by atoms with Crippen LogP contribution in [-0.4, -0.2) is 53.1 Å². The van der Waals surface area contributed by atoms with Crippen molar-refractivity contribution >= 4 is 33.2 Å². The van der Waals surface area contributed by atoms with E-state index in [0.717, 1.165) is 29.5 Å². The second-order valence-electron chi connectivity index (χ2n) is 9.44. The van der Waals surface area contributed by atoms with Gasteiger partial charge in [-0.1, -0.05) is 42.3 Å². The number of anilines is 1. The van der Waals surface area contributed by atoms with E-state index >= 15 is 0 Å². The first-order chi connectivity index (χ1) is 18.8. The van der Waals surface area contributed by atoms with Crippen LogP contribution in [0.2, 0.25) is 5.02 Å². The van der Waals surface area contributed by atoms with Gasteiger partial charge >= 0.3 is 0 Å². The maximum Gasteiger partial charge on any atom is 0.264 e. The fourth-order valence-corrected chi connectivity index (χ4v) is 6.19. The first kappa shape index (κ1) is 28.7. The number of halogens is 1. The van der Waals surface area contributed by atoms with Crippen LogP contribution >= 0.6 is 11.6 Å². The van der Waals surface area contributed by atoms with E-state index in [4.69, 9.17) is 21.1 Å². The molecule has 0 radical (unpaired) electrons. The number of rotatable bonds is 11. The summed E-state index contributed by atoms with van der Waals surface area (Å²) in [6.45, 7) is 2.98. The molecule has 1 N–H and O–H groups in total. The van der Waals surface area contributed by atoms with Crippen LogP contribution < -0.4 is 19.1 Å². The lowest BCUT2D eigenvalue weighted by molar-refractivity contribution is -0.119. The number of sulfonamides is 1. The van der Waals surface area contributed by atoms with Crippen LogP contribution in [-0.2, 0) is 27.9 Å². The van der Waals surface area contributed by atoms with Gasteiger partial charge in [0.2, 0.25) is 5.91 Å². The molecule has 1 amide bonds. The van der Waals surface area contributed by atoms with Gasteiger partial charge < -0.3 is 14.8 Å². The smallest absolute Gasteiger partial charge is 0.264 e. The highest BCUT2D eigenvalue weighted by Gasteiger charge is 2.28. The third-order valence-electron chi connectivity index (χ3n) is 6.68. The number of benzene rings is 3. The molecule has 0 saturated carbocycles. The number of carbonyl (C=O) groups is 1. The Morgan fingerprint density at radius 2 is 1.62 bits per heavy atom. The van der Waals surface area contributed by atoms with Gasteiger partial charge in [0.25, 0.3) is 10.0 Å². The molecule has 0 atom stereocenters. The molecule has 0 aromatic heterocycles. The van der Waals surface area contributed by atoms with Crippen molar-refractivity contribution in [3.05, 3.63) is 82.9 Å². The number of hydrogen-bond donors (Lipinski definition) is 1. The standard InChI is InChI=1S/C29H34ClN3O5S/c1-37-27-14-13-26(18-28(27)38-2)39(35,36)33(25-11-9-24(30)10-12-25)21-29(34)31-19-22-7-6-8-23(17-22)20-32-15-4-3-5-16-32/h6-14,17-18H,3-5,15-16,19-21H2,1-2H3,(H,31,34). The molecule has 8 nitrogen and oxygen atoms in total. The monoisotopic (exact) mass is 571 g/mol. The molecule has 1 aliphatic heterocycles. The number of piperidine rings is 1. The highest BCUT2D eigenvalue weighted by molar-refractivity contribution is 7.92. The number of nitrogens with zero attached hydrogens (tertiary/aromatic N) is 2. The summed E-state index contributed by atoms with van der Waals surface area (Å²) in [5.74, 6) is 0.230. The number of likely N-dealkylation sites (tertiary alicyclic amines) is 1. The molecule has 1 heterocycles. The molecule has 1 aliphatic rings. The molecule has 10 heteroatoms. The molecule has 3 aromatic rings. The largest absolute Gasteiger partial charge is 0.493 e. The van der Waals surface area contributed by atoms with E-state index in [2.05, 4.69) is 22.3 Å². The molecule has 4 rings (SSSR count). The molecule has 208 valence electrons. The molecule has 0 bridgehead atoms. The van der Waals surface area contributed by atoms with E-state index in [9.17, 15) is 13.2 Å². The van der Waals surface area contributed by atoms with Crippen molar-refractivity contribution in [1.29, 1.82) is 0 Å². The Kier molecular flexibility index (Phi) is 9.72. The summed E-state index contributed by atoms with van der Waals surface area (Å²) < 4.78 is 39.1. The highest BCUT2D eigenvalue weighted by Crippen LogP contribution is 2.32. The SMILES string of the molecule is COc1ccc(S(=O)(=O)N(CC(=O)NCc2cccc(CN3CCCCC3)c2)c2ccc(Cl)cc2)cc1OC. The fourth-order valence-electron chi connectivity index (χ4n) is 4.63. The minimum Gasteiger partial charge on any atom is -0.493 e. The lowest BCUT2D eigenvalue weighted by atomic mass is 10.1. The van der Waals surface area contributed by atoms with Gasteiger partial charge in [0.05, 0.1) is 24.8 Å². The van der Waals surface area contributed by atoms with Crippen molar-refractivity contribution in [2.24, 2.45) is 0 Å². The van der Waals surface area contributed by atoms with Gasteiger partial charge in [-0.05, 0) is 73.5 Å². The van der Waals surface area contributed by atoms with Crippen LogP contribution in [0.3, 0.4) is 0 Å². The van der Waals surface area contributed by atoms with Gasteiger partial charge in [0.15, 0.2) is 11.5 Å². The molecule has 0 unspecified atom stereocenters. The first-order valence-electron chi connectivity index (χ1n) is 12.9. The van der Waals surface area contributed by atoms with Crippen LogP contribution in [0.15, 0.2) is 71.6 Å². The molecular weight excluding hydrogens is 538 g/mol. The number of amides is 1. The number of methoxy groups -OCH3 is 2. The first-order valence-corrected chi connectivity index (χ1v) is 14.7. The third-order valence-corrected chi connectivity index (χ3v) is 8.70. The summed E-state index contributed by atoms with van der Waals surface area (Å²) in [5.41, 5.74) is 2.47. The molecular formula is C29H34ClN3O5S. The molecule has 39 heavy (non-hydrogen) atoms. The zero-order chi connectivity index (χ0) is 27.8. The van der Waals surface area contributed by atoms with Gasteiger partial charge in [-0.15, -0.1) is 0 Å². The second kappa shape index (κ2) is 13.2. The Morgan fingerprint density at radius 3 is 2.31 bits per heavy atom. The van der Waals surface area contributed by atoms with E-state index in [1.165, 1.54) is 57.2 Å². The topological polar surface area (TPSA) is 88.2 Å². The zero-order valence-electron chi connectivity index (χ0n) is 22.2. The van der Waals surface area contributed by atoms with Crippen LogP contribution in [0.5, 0.6) is 11.5 Å². The van der Waals surface area contributed by atoms with Crippen LogP contribution in [0.4, 0.5) is 5.69 Å². The quantitative estimate of drug-likeness (QED) is 0.354. The summed E-state index contributed by atoms with van der Waals surface area (Å²) in [5, 5.41) is 3.33. The van der Waals surface area contributed by atoms with Crippen molar-refractivity contribution in [3.63, 3.8) is 0 Å². The zero-order valence-corrected chi connectivity index (χ0v) is 23.8. The molecule has 0 spiro atoms. The predicted molar refractivity (Wildman–Crippen MR) is 153 cm³/mol. The van der Waals surface area contributed by atoms with Gasteiger partial charge in [-0.2, -0.15) is 0 Å². The van der Waals surface area contributed by atoms with E-state index in [0.29, 0.717) is 16.5 Å². The number of carbonyl (C=O) groups excluding carboxylic acids is 1. The Bertz CT molecular complexity index is 1380. The average Bonchev–Trinajstić information content (AvgIpc) is 2.95. The summed E-state index contributed by atoms with van der Waals surface area (Å²) in [6.07, 6.45) is 3.75. The summed E-state index contributed by atoms with van der Waals surface area (Å²) in [7, 11) is -1.23. The maximum absolute atomic E-state index is 13.7. The van der Waals surface area contributed by atoms with E-state index in [-0.39, 0.29) is 17.2 Å². The third kappa shape index (κ3) is 7.44. The number of hydrogen-bond acceptors (Lipinski definition) is 6. The van der Waals surface area contributed by atoms with Crippen LogP contribution in [0.25, 0.3) is 0 Å². The Balaban J connectivity index is 1.50. The van der Waals surface area contributed by atoms with Crippen molar-refractivity contribution in [3.8, 4) is 11.5 Å². The van der Waals surface area contributed by atoms with Crippen LogP contribution in [0.1, 0.15) is 30.4 Å². The number of nitrogens with one attached hydrogen (secondary N) is 1. The average molecular weight is 572 g/mol. The molecule has 3 aromatic carbocycles. The van der Waals surface area contributed by atoms with Crippen LogP contribution in [0, 0.1) is 0 Å². The van der Waals surface area contributed by atoms with E-state index in [1.807, 2.05) is 12.1 Å². The van der Waals surface area contributed by atoms with Gasteiger partial charge in [0, 0.05) is 24.2 Å². The predicted octanol–water partition coefficient (Wildman–Crippen LogP) is 4.85. The molecule has 0 aliphatic carbocycles. The van der Waals surface area contributed by atoms with E-state index in [1.54, 1.807) is 24.3 Å². The van der Waals surface area contributed by atoms with Crippen molar-refractivity contribution in [1.82, 2.24) is 10.2 Å². The van der Waals surface area contributed by atoms with E-state index < -0.39 is 22.5 Å². The van der Waals surface area contributed by atoms with Crippen molar-refractivity contribution in [2.75, 3.05) is 38.2 Å². The summed E-state index contributed by atoms with van der Waals surface area (Å²) in [4.78, 5) is 15.5. The maximum atomic E-state index is 13.7. The Morgan fingerprint density at radius 1 is 0.923 bits per heavy atom. The minimum atomic E-state index is -4.14. The lowest BCUT2D eigenvalue weighted by Crippen LogP contribution is -2.40. The van der Waals surface area contributed by atoms with Gasteiger partial charge in [-0.25, -0.2) is 8.42 Å². The van der Waals surface area contributed by atoms with Gasteiger partial charge in [-0.3, -0.25) is 14.0 Å². The lowest BCUT2D eigenvalue weighted by Gasteiger charge is -2.26. The van der Waals surface area contributed by atoms with Gasteiger partial charge in [0.1, 0.15) is 6.54 Å².